The molecular weight excluding hydrogens is 242 g/mol. The highest BCUT2D eigenvalue weighted by atomic mass is 16.1. The number of pyridine rings is 1. The molecule has 0 fully saturated rings. The average Bonchev–Trinajstić information content (AvgIpc) is 2.83. The minimum Gasteiger partial charge on any atom is -0.382 e. The molecule has 6 nitrogen and oxygen atoms in total. The molecule has 1 aliphatic carbocycles. The SMILES string of the molecule is CNC(=O)Cn1cnc2c(N)nc3c(c21)CCCC3. The lowest BCUT2D eigenvalue weighted by atomic mass is 9.95. The molecular formula is C13H17N5O. The smallest absolute Gasteiger partial charge is 0.239 e. The summed E-state index contributed by atoms with van der Waals surface area (Å²) >= 11 is 0. The van der Waals surface area contributed by atoms with Gasteiger partial charge in [0.15, 0.2) is 5.82 Å². The summed E-state index contributed by atoms with van der Waals surface area (Å²) in [4.78, 5) is 20.3. The van der Waals surface area contributed by atoms with Gasteiger partial charge in [0, 0.05) is 12.7 Å². The van der Waals surface area contributed by atoms with Crippen LogP contribution in [0.4, 0.5) is 5.82 Å². The molecule has 0 spiro atoms. The van der Waals surface area contributed by atoms with Crippen molar-refractivity contribution in [3.05, 3.63) is 17.6 Å². The Labute approximate surface area is 111 Å². The highest BCUT2D eigenvalue weighted by Gasteiger charge is 2.20. The molecule has 2 aromatic rings. The highest BCUT2D eigenvalue weighted by Crippen LogP contribution is 2.29. The fraction of sp³-hybridized carbons (Fsp3) is 0.462. The first-order valence-electron chi connectivity index (χ1n) is 6.53. The third-order valence-electron chi connectivity index (χ3n) is 3.65. The summed E-state index contributed by atoms with van der Waals surface area (Å²) in [6.07, 6.45) is 5.92. The standard InChI is InChI=1S/C13H17N5O/c1-15-10(19)6-18-7-16-11-12(18)8-4-2-3-5-9(8)17-13(11)14/h7H,2-6H2,1H3,(H2,14,17)(H,15,19). The molecule has 1 amide bonds. The van der Waals surface area contributed by atoms with Crippen molar-refractivity contribution < 1.29 is 4.79 Å². The van der Waals surface area contributed by atoms with Gasteiger partial charge in [0.1, 0.15) is 12.1 Å². The molecule has 2 aromatic heterocycles. The van der Waals surface area contributed by atoms with Crippen LogP contribution in [0.2, 0.25) is 0 Å². The van der Waals surface area contributed by atoms with Crippen LogP contribution in [-0.2, 0) is 24.2 Å². The van der Waals surface area contributed by atoms with Gasteiger partial charge in [-0.15, -0.1) is 0 Å². The van der Waals surface area contributed by atoms with Crippen LogP contribution in [0.1, 0.15) is 24.1 Å². The van der Waals surface area contributed by atoms with Gasteiger partial charge in [0.2, 0.25) is 5.91 Å². The van der Waals surface area contributed by atoms with Crippen molar-refractivity contribution in [2.75, 3.05) is 12.8 Å². The number of hydrogen-bond acceptors (Lipinski definition) is 4. The van der Waals surface area contributed by atoms with Crippen LogP contribution < -0.4 is 11.1 Å². The summed E-state index contributed by atoms with van der Waals surface area (Å²) < 4.78 is 1.87. The first kappa shape index (κ1) is 12.0. The second kappa shape index (κ2) is 4.53. The van der Waals surface area contributed by atoms with Crippen molar-refractivity contribution in [2.24, 2.45) is 0 Å². The largest absolute Gasteiger partial charge is 0.382 e. The number of rotatable bonds is 2. The Morgan fingerprint density at radius 2 is 2.26 bits per heavy atom. The van der Waals surface area contributed by atoms with Gasteiger partial charge in [0.25, 0.3) is 0 Å². The second-order valence-electron chi connectivity index (χ2n) is 4.87. The van der Waals surface area contributed by atoms with Gasteiger partial charge < -0.3 is 15.6 Å². The lowest BCUT2D eigenvalue weighted by molar-refractivity contribution is -0.121. The number of amides is 1. The number of aromatic nitrogens is 3. The lowest BCUT2D eigenvalue weighted by Gasteiger charge is -2.17. The third kappa shape index (κ3) is 1.93. The molecule has 0 aliphatic heterocycles. The molecule has 3 N–H and O–H groups in total. The lowest BCUT2D eigenvalue weighted by Crippen LogP contribution is -2.23. The fourth-order valence-electron chi connectivity index (χ4n) is 2.71. The number of carbonyl (C=O) groups excluding carboxylic acids is 1. The number of nitrogen functional groups attached to an aromatic ring is 1. The normalized spacial score (nSPS) is 14.4. The van der Waals surface area contributed by atoms with Crippen LogP contribution >= 0.6 is 0 Å². The minimum atomic E-state index is -0.0424. The zero-order valence-corrected chi connectivity index (χ0v) is 10.9. The van der Waals surface area contributed by atoms with Crippen molar-refractivity contribution in [1.82, 2.24) is 19.9 Å². The predicted octanol–water partition coefficient (Wildman–Crippen LogP) is 0.638. The van der Waals surface area contributed by atoms with Gasteiger partial charge in [-0.25, -0.2) is 9.97 Å². The van der Waals surface area contributed by atoms with E-state index < -0.39 is 0 Å². The van der Waals surface area contributed by atoms with E-state index in [1.54, 1.807) is 13.4 Å². The number of nitrogens with one attached hydrogen (secondary N) is 1. The number of carbonyl (C=O) groups is 1. The van der Waals surface area contributed by atoms with Crippen molar-refractivity contribution in [2.45, 2.75) is 32.2 Å². The van der Waals surface area contributed by atoms with Crippen LogP contribution in [-0.4, -0.2) is 27.5 Å². The molecule has 0 saturated carbocycles. The Bertz CT molecular complexity index is 646. The molecule has 19 heavy (non-hydrogen) atoms. The third-order valence-corrected chi connectivity index (χ3v) is 3.65. The zero-order chi connectivity index (χ0) is 13.4. The first-order valence-corrected chi connectivity index (χ1v) is 6.53. The molecule has 0 bridgehead atoms. The van der Waals surface area contributed by atoms with E-state index >= 15 is 0 Å². The van der Waals surface area contributed by atoms with Crippen molar-refractivity contribution >= 4 is 22.8 Å². The van der Waals surface area contributed by atoms with Crippen LogP contribution in [0.3, 0.4) is 0 Å². The van der Waals surface area contributed by atoms with E-state index in [4.69, 9.17) is 5.73 Å². The summed E-state index contributed by atoms with van der Waals surface area (Å²) in [6, 6.07) is 0. The number of nitrogens with zero attached hydrogens (tertiary/aromatic N) is 3. The van der Waals surface area contributed by atoms with Crippen LogP contribution in [0, 0.1) is 0 Å². The molecule has 6 heteroatoms. The molecule has 0 atom stereocenters. The quantitative estimate of drug-likeness (QED) is 0.828. The fourth-order valence-corrected chi connectivity index (χ4v) is 2.71. The number of fused-ring (bicyclic) bond motifs is 3. The summed E-state index contributed by atoms with van der Waals surface area (Å²) in [5.74, 6) is 0.422. The number of imidazole rings is 1. The molecule has 0 aromatic carbocycles. The number of nitrogens with two attached hydrogens (primary N) is 1. The summed E-state index contributed by atoms with van der Waals surface area (Å²) in [7, 11) is 1.63. The van der Waals surface area contributed by atoms with Gasteiger partial charge in [0.05, 0.1) is 11.8 Å². The Morgan fingerprint density at radius 1 is 1.47 bits per heavy atom. The zero-order valence-electron chi connectivity index (χ0n) is 10.9. The van der Waals surface area contributed by atoms with E-state index in [1.807, 2.05) is 4.57 Å². The number of anilines is 1. The van der Waals surface area contributed by atoms with Crippen molar-refractivity contribution in [3.8, 4) is 0 Å². The summed E-state index contributed by atoms with van der Waals surface area (Å²) in [6.45, 7) is 0.267. The second-order valence-corrected chi connectivity index (χ2v) is 4.87. The predicted molar refractivity (Wildman–Crippen MR) is 72.6 cm³/mol. The van der Waals surface area contributed by atoms with E-state index in [9.17, 15) is 4.79 Å². The number of aryl methyl sites for hydroxylation is 2. The Hall–Kier alpha value is -2.11. The molecule has 0 radical (unpaired) electrons. The monoisotopic (exact) mass is 259 g/mol. The molecule has 0 saturated heterocycles. The van der Waals surface area contributed by atoms with Gasteiger partial charge >= 0.3 is 0 Å². The summed E-state index contributed by atoms with van der Waals surface area (Å²) in [5.41, 5.74) is 9.93. The first-order chi connectivity index (χ1) is 9.20. The van der Waals surface area contributed by atoms with Crippen molar-refractivity contribution in [3.63, 3.8) is 0 Å². The van der Waals surface area contributed by atoms with Crippen LogP contribution in [0.25, 0.3) is 11.0 Å². The maximum Gasteiger partial charge on any atom is 0.239 e. The maximum atomic E-state index is 11.6. The van der Waals surface area contributed by atoms with Gasteiger partial charge in [-0.3, -0.25) is 4.79 Å². The minimum absolute atomic E-state index is 0.0424. The average molecular weight is 259 g/mol. The van der Waals surface area contributed by atoms with E-state index in [1.165, 1.54) is 5.56 Å². The Morgan fingerprint density at radius 3 is 3.05 bits per heavy atom. The molecule has 1 aliphatic rings. The van der Waals surface area contributed by atoms with Gasteiger partial charge in [-0.05, 0) is 31.2 Å². The van der Waals surface area contributed by atoms with E-state index in [0.29, 0.717) is 11.3 Å². The van der Waals surface area contributed by atoms with Gasteiger partial charge in [-0.2, -0.15) is 0 Å². The van der Waals surface area contributed by atoms with Crippen LogP contribution in [0.5, 0.6) is 0 Å². The Kier molecular flexibility index (Phi) is 2.85. The molecule has 2 heterocycles. The number of hydrogen-bond donors (Lipinski definition) is 2. The molecule has 0 unspecified atom stereocenters. The summed E-state index contributed by atoms with van der Waals surface area (Å²) in [5, 5.41) is 2.63. The Balaban J connectivity index is 2.19. The van der Waals surface area contributed by atoms with Gasteiger partial charge in [-0.1, -0.05) is 0 Å². The molecule has 3 rings (SSSR count). The van der Waals surface area contributed by atoms with E-state index in [0.717, 1.165) is 36.9 Å². The highest BCUT2D eigenvalue weighted by molar-refractivity contribution is 5.89. The maximum absolute atomic E-state index is 11.6. The van der Waals surface area contributed by atoms with Crippen molar-refractivity contribution in [1.29, 1.82) is 0 Å². The van der Waals surface area contributed by atoms with E-state index in [2.05, 4.69) is 15.3 Å². The molecule has 100 valence electrons. The number of likely N-dealkylation sites (N-methyl/N-ethyl adjacent to an activating group) is 1. The van der Waals surface area contributed by atoms with E-state index in [-0.39, 0.29) is 12.5 Å². The van der Waals surface area contributed by atoms with Crippen LogP contribution in [0.15, 0.2) is 6.33 Å². The topological polar surface area (TPSA) is 85.8 Å².